The Morgan fingerprint density at radius 2 is 2.19 bits per heavy atom. The van der Waals surface area contributed by atoms with Gasteiger partial charge in [-0.05, 0) is 38.8 Å². The second-order valence-corrected chi connectivity index (χ2v) is 6.55. The van der Waals surface area contributed by atoms with Crippen LogP contribution in [0.5, 0.6) is 0 Å². The molecule has 0 aliphatic carbocycles. The molecule has 1 atom stereocenters. The Balaban J connectivity index is 1.46. The van der Waals surface area contributed by atoms with E-state index in [0.29, 0.717) is 12.7 Å². The molecule has 1 N–H and O–H groups in total. The highest BCUT2D eigenvalue weighted by molar-refractivity contribution is 7.16. The molecule has 2 aliphatic rings. The van der Waals surface area contributed by atoms with Crippen molar-refractivity contribution in [2.24, 2.45) is 0 Å². The van der Waals surface area contributed by atoms with Crippen molar-refractivity contribution in [3.8, 4) is 0 Å². The van der Waals surface area contributed by atoms with Gasteiger partial charge >= 0.3 is 0 Å². The van der Waals surface area contributed by atoms with Crippen LogP contribution in [0.1, 0.15) is 42.6 Å². The Morgan fingerprint density at radius 3 is 3.00 bits per heavy atom. The highest BCUT2D eigenvalue weighted by Gasteiger charge is 2.25. The zero-order chi connectivity index (χ0) is 14.1. The van der Waals surface area contributed by atoms with Gasteiger partial charge in [0.2, 0.25) is 4.96 Å². The molecule has 2 aromatic rings. The molecule has 2 aromatic heterocycles. The molecular formula is C13H19N5O2S. The molecule has 0 amide bonds. The first-order valence-electron chi connectivity index (χ1n) is 7.55. The van der Waals surface area contributed by atoms with E-state index < -0.39 is 0 Å². The summed E-state index contributed by atoms with van der Waals surface area (Å²) in [5.41, 5.74) is 0. The minimum atomic E-state index is 0.0419. The van der Waals surface area contributed by atoms with Crippen LogP contribution in [-0.2, 0) is 16.1 Å². The quantitative estimate of drug-likeness (QED) is 0.918. The Morgan fingerprint density at radius 1 is 1.29 bits per heavy atom. The molecule has 0 bridgehead atoms. The van der Waals surface area contributed by atoms with E-state index in [0.717, 1.165) is 61.2 Å². The fraction of sp³-hybridized carbons (Fsp3) is 0.769. The monoisotopic (exact) mass is 309 g/mol. The smallest absolute Gasteiger partial charge is 0.234 e. The first-order chi connectivity index (χ1) is 10.4. The predicted molar refractivity (Wildman–Crippen MR) is 77.3 cm³/mol. The van der Waals surface area contributed by atoms with Gasteiger partial charge in [0.1, 0.15) is 17.7 Å². The molecule has 1 unspecified atom stereocenters. The van der Waals surface area contributed by atoms with Crippen molar-refractivity contribution >= 4 is 16.3 Å². The van der Waals surface area contributed by atoms with E-state index in [-0.39, 0.29) is 6.10 Å². The maximum atomic E-state index is 5.95. The molecule has 0 spiro atoms. The second kappa shape index (κ2) is 5.96. The number of rotatable bonds is 4. The van der Waals surface area contributed by atoms with Gasteiger partial charge in [-0.15, -0.1) is 10.2 Å². The van der Waals surface area contributed by atoms with Gasteiger partial charge < -0.3 is 14.8 Å². The van der Waals surface area contributed by atoms with E-state index in [1.807, 2.05) is 4.52 Å². The SMILES string of the molecule is C1COC(c2nnc3sc(COC4CCNCC4)nn23)C1. The Labute approximate surface area is 126 Å². The van der Waals surface area contributed by atoms with Gasteiger partial charge in [0.15, 0.2) is 5.82 Å². The third-order valence-electron chi connectivity index (χ3n) is 4.00. The summed E-state index contributed by atoms with van der Waals surface area (Å²) >= 11 is 1.55. The number of nitrogens with one attached hydrogen (secondary N) is 1. The van der Waals surface area contributed by atoms with Crippen molar-refractivity contribution < 1.29 is 9.47 Å². The van der Waals surface area contributed by atoms with Crippen molar-refractivity contribution in [3.63, 3.8) is 0 Å². The molecule has 21 heavy (non-hydrogen) atoms. The number of piperidine rings is 1. The lowest BCUT2D eigenvalue weighted by Gasteiger charge is -2.22. The largest absolute Gasteiger partial charge is 0.371 e. The van der Waals surface area contributed by atoms with Crippen LogP contribution in [0.4, 0.5) is 0 Å². The Hall–Kier alpha value is -1.09. The van der Waals surface area contributed by atoms with Crippen LogP contribution in [0.3, 0.4) is 0 Å². The Bertz CT molecular complexity index is 601. The summed E-state index contributed by atoms with van der Waals surface area (Å²) < 4.78 is 13.4. The molecule has 4 rings (SSSR count). The highest BCUT2D eigenvalue weighted by Crippen LogP contribution is 2.28. The summed E-state index contributed by atoms with van der Waals surface area (Å²) in [5.74, 6) is 0.826. The molecule has 0 saturated carbocycles. The van der Waals surface area contributed by atoms with Crippen molar-refractivity contribution in [2.75, 3.05) is 19.7 Å². The topological polar surface area (TPSA) is 73.6 Å². The van der Waals surface area contributed by atoms with Gasteiger partial charge in [-0.2, -0.15) is 9.61 Å². The first-order valence-corrected chi connectivity index (χ1v) is 8.37. The summed E-state index contributed by atoms with van der Waals surface area (Å²) in [6, 6.07) is 0. The lowest BCUT2D eigenvalue weighted by atomic mass is 10.1. The third kappa shape index (κ3) is 2.80. The number of aromatic nitrogens is 4. The third-order valence-corrected chi connectivity index (χ3v) is 4.88. The van der Waals surface area contributed by atoms with E-state index in [1.165, 1.54) is 0 Å². The minimum Gasteiger partial charge on any atom is -0.371 e. The summed E-state index contributed by atoms with van der Waals surface area (Å²) in [6.07, 6.45) is 4.61. The average Bonchev–Trinajstić information content (AvgIpc) is 3.22. The van der Waals surface area contributed by atoms with Gasteiger partial charge in [-0.1, -0.05) is 11.3 Å². The highest BCUT2D eigenvalue weighted by atomic mass is 32.1. The fourth-order valence-corrected chi connectivity index (χ4v) is 3.63. The van der Waals surface area contributed by atoms with Gasteiger partial charge in [0, 0.05) is 6.61 Å². The van der Waals surface area contributed by atoms with E-state index in [2.05, 4.69) is 20.6 Å². The fourth-order valence-electron chi connectivity index (χ4n) is 2.86. The molecular weight excluding hydrogens is 290 g/mol. The van der Waals surface area contributed by atoms with Crippen LogP contribution in [0.2, 0.25) is 0 Å². The molecule has 2 saturated heterocycles. The number of nitrogens with zero attached hydrogens (tertiary/aromatic N) is 4. The van der Waals surface area contributed by atoms with Crippen LogP contribution in [-0.4, -0.2) is 45.6 Å². The van der Waals surface area contributed by atoms with Crippen molar-refractivity contribution in [2.45, 2.75) is 44.5 Å². The van der Waals surface area contributed by atoms with Gasteiger partial charge in [-0.25, -0.2) is 0 Å². The van der Waals surface area contributed by atoms with E-state index in [9.17, 15) is 0 Å². The van der Waals surface area contributed by atoms with Crippen molar-refractivity contribution in [1.29, 1.82) is 0 Å². The summed E-state index contributed by atoms with van der Waals surface area (Å²) in [6.45, 7) is 3.44. The molecule has 0 radical (unpaired) electrons. The molecule has 2 aliphatic heterocycles. The lowest BCUT2D eigenvalue weighted by Crippen LogP contribution is -2.32. The molecule has 8 heteroatoms. The van der Waals surface area contributed by atoms with Gasteiger partial charge in [0.05, 0.1) is 6.10 Å². The number of hydrogen-bond acceptors (Lipinski definition) is 7. The van der Waals surface area contributed by atoms with E-state index in [1.54, 1.807) is 11.3 Å². The van der Waals surface area contributed by atoms with Crippen LogP contribution >= 0.6 is 11.3 Å². The summed E-state index contributed by atoms with van der Waals surface area (Å²) in [5, 5.41) is 17.3. The van der Waals surface area contributed by atoms with E-state index >= 15 is 0 Å². The number of ether oxygens (including phenoxy) is 2. The van der Waals surface area contributed by atoms with Crippen LogP contribution in [0.25, 0.3) is 4.96 Å². The van der Waals surface area contributed by atoms with Crippen molar-refractivity contribution in [3.05, 3.63) is 10.8 Å². The maximum Gasteiger partial charge on any atom is 0.234 e. The summed E-state index contributed by atoms with van der Waals surface area (Å²) in [7, 11) is 0. The molecule has 0 aromatic carbocycles. The predicted octanol–water partition coefficient (Wildman–Crippen LogP) is 1.31. The normalized spacial score (nSPS) is 24.1. The molecule has 2 fully saturated rings. The van der Waals surface area contributed by atoms with Crippen LogP contribution in [0, 0.1) is 0 Å². The van der Waals surface area contributed by atoms with Crippen LogP contribution in [0.15, 0.2) is 0 Å². The standard InChI is InChI=1S/C13H19N5O2S/c1-2-10(19-7-1)12-15-16-13-18(12)17-11(21-13)8-20-9-3-5-14-6-4-9/h9-10,14H,1-8H2. The van der Waals surface area contributed by atoms with Gasteiger partial charge in [-0.3, -0.25) is 0 Å². The van der Waals surface area contributed by atoms with E-state index in [4.69, 9.17) is 9.47 Å². The average molecular weight is 309 g/mol. The van der Waals surface area contributed by atoms with Gasteiger partial charge in [0.25, 0.3) is 0 Å². The maximum absolute atomic E-state index is 5.95. The van der Waals surface area contributed by atoms with Crippen LogP contribution < -0.4 is 5.32 Å². The van der Waals surface area contributed by atoms with Crippen molar-refractivity contribution in [1.82, 2.24) is 25.1 Å². The molecule has 114 valence electrons. The summed E-state index contributed by atoms with van der Waals surface area (Å²) in [4.78, 5) is 0.824. The second-order valence-electron chi connectivity index (χ2n) is 5.51. The Kier molecular flexibility index (Phi) is 3.85. The number of hydrogen-bond donors (Lipinski definition) is 1. The number of fused-ring (bicyclic) bond motifs is 1. The zero-order valence-electron chi connectivity index (χ0n) is 11.8. The minimum absolute atomic E-state index is 0.0419. The molecule has 4 heterocycles. The molecule has 7 nitrogen and oxygen atoms in total. The zero-order valence-corrected chi connectivity index (χ0v) is 12.6. The lowest BCUT2D eigenvalue weighted by molar-refractivity contribution is 0.0207. The first kappa shape index (κ1) is 13.6.